The predicted octanol–water partition coefficient (Wildman–Crippen LogP) is 2.33. The van der Waals surface area contributed by atoms with E-state index in [1.165, 1.54) is 0 Å². The second kappa shape index (κ2) is 4.86. The van der Waals surface area contributed by atoms with E-state index in [-0.39, 0.29) is 0 Å². The molecule has 0 unspecified atom stereocenters. The van der Waals surface area contributed by atoms with Crippen LogP contribution in [-0.2, 0) is 4.74 Å². The third-order valence-electron chi connectivity index (χ3n) is 3.27. The molecule has 5 nitrogen and oxygen atoms in total. The van der Waals surface area contributed by atoms with Crippen molar-refractivity contribution in [3.05, 3.63) is 29.8 Å². The quantitative estimate of drug-likeness (QED) is 0.812. The Balaban J connectivity index is 1.87. The molecule has 1 aliphatic rings. The molecule has 2 aromatic rings. The van der Waals surface area contributed by atoms with E-state index < -0.39 is 0 Å². The highest BCUT2D eigenvalue weighted by molar-refractivity contribution is 5.55. The molecule has 3 heterocycles. The maximum absolute atomic E-state index is 5.34. The van der Waals surface area contributed by atoms with Crippen LogP contribution >= 0.6 is 0 Å². The van der Waals surface area contributed by atoms with Crippen LogP contribution in [0.5, 0.6) is 0 Å². The van der Waals surface area contributed by atoms with Gasteiger partial charge in [0.2, 0.25) is 0 Å². The Labute approximate surface area is 105 Å². The van der Waals surface area contributed by atoms with E-state index in [4.69, 9.17) is 9.26 Å². The van der Waals surface area contributed by atoms with Crippen molar-refractivity contribution < 1.29 is 9.26 Å². The lowest BCUT2D eigenvalue weighted by molar-refractivity contribution is 0.0830. The summed E-state index contributed by atoms with van der Waals surface area (Å²) in [7, 11) is 0. The SMILES string of the molecule is Cc1ncccc1-c1nc(C2CCOCC2)no1. The van der Waals surface area contributed by atoms with Gasteiger partial charge in [0.1, 0.15) is 0 Å². The van der Waals surface area contributed by atoms with Crippen molar-refractivity contribution in [3.8, 4) is 11.5 Å². The van der Waals surface area contributed by atoms with Crippen LogP contribution in [0.15, 0.2) is 22.9 Å². The summed E-state index contributed by atoms with van der Waals surface area (Å²) in [5, 5.41) is 4.09. The minimum atomic E-state index is 0.355. The fraction of sp³-hybridized carbons (Fsp3) is 0.462. The smallest absolute Gasteiger partial charge is 0.259 e. The van der Waals surface area contributed by atoms with Crippen LogP contribution in [0.1, 0.15) is 30.3 Å². The summed E-state index contributed by atoms with van der Waals surface area (Å²) in [6, 6.07) is 3.82. The molecule has 1 aliphatic heterocycles. The highest BCUT2D eigenvalue weighted by Crippen LogP contribution is 2.27. The molecular weight excluding hydrogens is 230 g/mol. The Morgan fingerprint density at radius 2 is 2.11 bits per heavy atom. The lowest BCUT2D eigenvalue weighted by Crippen LogP contribution is -2.15. The van der Waals surface area contributed by atoms with E-state index in [1.807, 2.05) is 19.1 Å². The van der Waals surface area contributed by atoms with Gasteiger partial charge in [-0.15, -0.1) is 0 Å². The highest BCUT2D eigenvalue weighted by atomic mass is 16.5. The Morgan fingerprint density at radius 3 is 2.89 bits per heavy atom. The van der Waals surface area contributed by atoms with E-state index >= 15 is 0 Å². The van der Waals surface area contributed by atoms with Gasteiger partial charge in [-0.25, -0.2) is 0 Å². The van der Waals surface area contributed by atoms with Gasteiger partial charge in [-0.3, -0.25) is 4.98 Å². The zero-order valence-corrected chi connectivity index (χ0v) is 10.3. The molecular formula is C13H15N3O2. The second-order valence-electron chi connectivity index (χ2n) is 4.48. The second-order valence-corrected chi connectivity index (χ2v) is 4.48. The number of hydrogen-bond donors (Lipinski definition) is 0. The zero-order valence-electron chi connectivity index (χ0n) is 10.3. The molecule has 18 heavy (non-hydrogen) atoms. The third-order valence-corrected chi connectivity index (χ3v) is 3.27. The Morgan fingerprint density at radius 1 is 1.28 bits per heavy atom. The third kappa shape index (κ3) is 2.13. The van der Waals surface area contributed by atoms with Crippen LogP contribution in [0.2, 0.25) is 0 Å². The first-order chi connectivity index (χ1) is 8.84. The van der Waals surface area contributed by atoms with Gasteiger partial charge in [-0.2, -0.15) is 4.98 Å². The van der Waals surface area contributed by atoms with Gasteiger partial charge in [0.25, 0.3) is 5.89 Å². The summed E-state index contributed by atoms with van der Waals surface area (Å²) in [5.74, 6) is 1.70. The molecule has 3 rings (SSSR count). The number of hydrogen-bond acceptors (Lipinski definition) is 5. The molecule has 0 radical (unpaired) electrons. The van der Waals surface area contributed by atoms with E-state index in [0.717, 1.165) is 43.1 Å². The minimum absolute atomic E-state index is 0.355. The van der Waals surface area contributed by atoms with Crippen LogP contribution in [0.3, 0.4) is 0 Å². The summed E-state index contributed by atoms with van der Waals surface area (Å²) in [6.07, 6.45) is 3.69. The molecule has 0 atom stereocenters. The standard InChI is InChI=1S/C13H15N3O2/c1-9-11(3-2-6-14-9)13-15-12(16-18-13)10-4-7-17-8-5-10/h2-3,6,10H,4-5,7-8H2,1H3. The average molecular weight is 245 g/mol. The molecule has 0 aromatic carbocycles. The first-order valence-corrected chi connectivity index (χ1v) is 6.18. The van der Waals surface area contributed by atoms with Crippen LogP contribution in [0.25, 0.3) is 11.5 Å². The molecule has 1 fully saturated rings. The summed E-state index contributed by atoms with van der Waals surface area (Å²) in [4.78, 5) is 8.72. The molecule has 0 aliphatic carbocycles. The molecule has 94 valence electrons. The number of aryl methyl sites for hydroxylation is 1. The van der Waals surface area contributed by atoms with Crippen LogP contribution in [-0.4, -0.2) is 28.3 Å². The van der Waals surface area contributed by atoms with Gasteiger partial charge >= 0.3 is 0 Å². The summed E-state index contributed by atoms with van der Waals surface area (Å²) < 4.78 is 10.7. The largest absolute Gasteiger partial charge is 0.381 e. The minimum Gasteiger partial charge on any atom is -0.381 e. The molecule has 0 spiro atoms. The van der Waals surface area contributed by atoms with Crippen molar-refractivity contribution >= 4 is 0 Å². The van der Waals surface area contributed by atoms with Crippen molar-refractivity contribution in [1.29, 1.82) is 0 Å². The van der Waals surface area contributed by atoms with Crippen molar-refractivity contribution in [2.45, 2.75) is 25.7 Å². The van der Waals surface area contributed by atoms with Gasteiger partial charge < -0.3 is 9.26 Å². The van der Waals surface area contributed by atoms with Gasteiger partial charge in [-0.05, 0) is 31.9 Å². The van der Waals surface area contributed by atoms with E-state index in [1.54, 1.807) is 6.20 Å². The molecule has 2 aromatic heterocycles. The highest BCUT2D eigenvalue weighted by Gasteiger charge is 2.22. The molecule has 0 bridgehead atoms. The van der Waals surface area contributed by atoms with Crippen LogP contribution < -0.4 is 0 Å². The topological polar surface area (TPSA) is 61.0 Å². The number of aromatic nitrogens is 3. The maximum atomic E-state index is 5.34. The van der Waals surface area contributed by atoms with Crippen LogP contribution in [0.4, 0.5) is 0 Å². The van der Waals surface area contributed by atoms with Gasteiger partial charge in [0.05, 0.1) is 5.56 Å². The van der Waals surface area contributed by atoms with Gasteiger partial charge in [0, 0.05) is 31.0 Å². The first-order valence-electron chi connectivity index (χ1n) is 6.18. The average Bonchev–Trinajstić information content (AvgIpc) is 2.90. The summed E-state index contributed by atoms with van der Waals surface area (Å²) in [5.41, 5.74) is 1.81. The predicted molar refractivity (Wildman–Crippen MR) is 65.1 cm³/mol. The summed E-state index contributed by atoms with van der Waals surface area (Å²) >= 11 is 0. The van der Waals surface area contributed by atoms with Gasteiger partial charge in [-0.1, -0.05) is 5.16 Å². The summed E-state index contributed by atoms with van der Waals surface area (Å²) in [6.45, 7) is 3.49. The van der Waals surface area contributed by atoms with Crippen molar-refractivity contribution in [2.75, 3.05) is 13.2 Å². The maximum Gasteiger partial charge on any atom is 0.259 e. The number of rotatable bonds is 2. The van der Waals surface area contributed by atoms with Crippen LogP contribution in [0, 0.1) is 6.92 Å². The number of nitrogens with zero attached hydrogens (tertiary/aromatic N) is 3. The monoisotopic (exact) mass is 245 g/mol. The number of ether oxygens (including phenoxy) is 1. The van der Waals surface area contributed by atoms with Crippen molar-refractivity contribution in [1.82, 2.24) is 15.1 Å². The zero-order chi connectivity index (χ0) is 12.4. The van der Waals surface area contributed by atoms with E-state index in [9.17, 15) is 0 Å². The number of pyridine rings is 1. The normalized spacial score (nSPS) is 16.9. The van der Waals surface area contributed by atoms with Gasteiger partial charge in [0.15, 0.2) is 5.82 Å². The molecule has 1 saturated heterocycles. The Hall–Kier alpha value is -1.75. The lowest BCUT2D eigenvalue weighted by atomic mass is 10.00. The van der Waals surface area contributed by atoms with Crippen molar-refractivity contribution in [3.63, 3.8) is 0 Å². The molecule has 0 saturated carbocycles. The Kier molecular flexibility index (Phi) is 3.06. The van der Waals surface area contributed by atoms with Crippen molar-refractivity contribution in [2.24, 2.45) is 0 Å². The Bertz CT molecular complexity index is 533. The lowest BCUT2D eigenvalue weighted by Gasteiger charge is -2.18. The first kappa shape index (κ1) is 11.3. The fourth-order valence-corrected chi connectivity index (χ4v) is 2.18. The van der Waals surface area contributed by atoms with E-state index in [0.29, 0.717) is 11.8 Å². The fourth-order valence-electron chi connectivity index (χ4n) is 2.18. The molecule has 0 N–H and O–H groups in total. The molecule has 0 amide bonds. The molecule has 5 heteroatoms. The van der Waals surface area contributed by atoms with E-state index in [2.05, 4.69) is 15.1 Å².